The third kappa shape index (κ3) is 2.42. The van der Waals surface area contributed by atoms with Crippen LogP contribution in [0.15, 0.2) is 30.5 Å². The molecule has 3 rings (SSSR count). The van der Waals surface area contributed by atoms with Crippen molar-refractivity contribution in [3.8, 4) is 0 Å². The van der Waals surface area contributed by atoms with Crippen LogP contribution in [0.5, 0.6) is 0 Å². The molecule has 102 valence electrons. The number of hydrogen-bond acceptors (Lipinski definition) is 4. The minimum Gasteiger partial charge on any atom is -0.321 e. The molecule has 1 aromatic carbocycles. The number of carbonyl (C=O) groups excluding carboxylic acids is 1. The van der Waals surface area contributed by atoms with Crippen molar-refractivity contribution in [1.82, 2.24) is 14.8 Å². The molecule has 20 heavy (non-hydrogen) atoms. The Balaban J connectivity index is 1.82. The molecule has 2 aromatic heterocycles. The average Bonchev–Trinajstić information content (AvgIpc) is 3.03. The topological polar surface area (TPSA) is 59.8 Å². The van der Waals surface area contributed by atoms with Gasteiger partial charge in [-0.1, -0.05) is 0 Å². The molecule has 1 amide bonds. The van der Waals surface area contributed by atoms with Gasteiger partial charge in [-0.25, -0.2) is 4.98 Å². The number of anilines is 1. The third-order valence-electron chi connectivity index (χ3n) is 2.95. The van der Waals surface area contributed by atoms with Crippen LogP contribution >= 0.6 is 11.3 Å². The summed E-state index contributed by atoms with van der Waals surface area (Å²) < 4.78 is 2.80. The molecule has 0 bridgehead atoms. The van der Waals surface area contributed by atoms with Gasteiger partial charge in [0.2, 0.25) is 0 Å². The highest BCUT2D eigenvalue weighted by molar-refractivity contribution is 7.18. The van der Waals surface area contributed by atoms with Crippen LogP contribution in [-0.2, 0) is 6.54 Å². The minimum atomic E-state index is -0.196. The summed E-state index contributed by atoms with van der Waals surface area (Å²) in [5.41, 5.74) is 2.14. The van der Waals surface area contributed by atoms with Crippen molar-refractivity contribution in [3.05, 3.63) is 41.2 Å². The van der Waals surface area contributed by atoms with E-state index in [0.717, 1.165) is 27.5 Å². The van der Waals surface area contributed by atoms with Gasteiger partial charge in [-0.3, -0.25) is 9.48 Å². The molecule has 6 heteroatoms. The Morgan fingerprint density at radius 3 is 3.00 bits per heavy atom. The maximum atomic E-state index is 12.1. The van der Waals surface area contributed by atoms with Gasteiger partial charge >= 0.3 is 0 Å². The van der Waals surface area contributed by atoms with Crippen molar-refractivity contribution < 1.29 is 4.79 Å². The molecule has 0 atom stereocenters. The average molecular weight is 286 g/mol. The molecular formula is C14H14N4OS. The highest BCUT2D eigenvalue weighted by Crippen LogP contribution is 2.24. The van der Waals surface area contributed by atoms with Crippen LogP contribution in [0.3, 0.4) is 0 Å². The number of hydrogen-bond donors (Lipinski definition) is 1. The second-order valence-corrected chi connectivity index (χ2v) is 5.66. The van der Waals surface area contributed by atoms with E-state index >= 15 is 0 Å². The molecule has 3 aromatic rings. The molecule has 0 spiro atoms. The first-order chi connectivity index (χ1) is 9.65. The van der Waals surface area contributed by atoms with Gasteiger partial charge in [0.15, 0.2) is 5.69 Å². The normalized spacial score (nSPS) is 10.9. The predicted molar refractivity (Wildman–Crippen MR) is 80.2 cm³/mol. The molecule has 1 N–H and O–H groups in total. The third-order valence-corrected chi connectivity index (χ3v) is 3.88. The van der Waals surface area contributed by atoms with Crippen LogP contribution in [0.1, 0.15) is 22.4 Å². The molecule has 0 fully saturated rings. The summed E-state index contributed by atoms with van der Waals surface area (Å²) in [4.78, 5) is 16.5. The van der Waals surface area contributed by atoms with Gasteiger partial charge in [0.1, 0.15) is 0 Å². The maximum Gasteiger partial charge on any atom is 0.276 e. The lowest BCUT2D eigenvalue weighted by Gasteiger charge is -2.02. The van der Waals surface area contributed by atoms with Crippen molar-refractivity contribution in [2.24, 2.45) is 0 Å². The van der Waals surface area contributed by atoms with Crippen molar-refractivity contribution in [1.29, 1.82) is 0 Å². The Kier molecular flexibility index (Phi) is 3.23. The molecule has 0 aliphatic heterocycles. The quantitative estimate of drug-likeness (QED) is 0.805. The largest absolute Gasteiger partial charge is 0.321 e. The number of carbonyl (C=O) groups is 1. The van der Waals surface area contributed by atoms with Gasteiger partial charge in [0.25, 0.3) is 5.91 Å². The molecule has 0 radical (unpaired) electrons. The van der Waals surface area contributed by atoms with E-state index < -0.39 is 0 Å². The summed E-state index contributed by atoms with van der Waals surface area (Å²) in [7, 11) is 0. The standard InChI is InChI=1S/C14H14N4OS/c1-3-18-7-6-12(17-18)14(19)16-10-4-5-11-13(8-10)20-9(2)15-11/h4-8H,3H2,1-2H3,(H,16,19). The van der Waals surface area contributed by atoms with Gasteiger partial charge in [-0.05, 0) is 38.1 Å². The predicted octanol–water partition coefficient (Wildman–Crippen LogP) is 3.07. The minimum absolute atomic E-state index is 0.196. The summed E-state index contributed by atoms with van der Waals surface area (Å²) in [5, 5.41) is 8.07. The van der Waals surface area contributed by atoms with Crippen molar-refractivity contribution in [3.63, 3.8) is 0 Å². The number of fused-ring (bicyclic) bond motifs is 1. The fourth-order valence-corrected chi connectivity index (χ4v) is 2.84. The van der Waals surface area contributed by atoms with Crippen LogP contribution in [0, 0.1) is 6.92 Å². The number of aryl methyl sites for hydroxylation is 2. The van der Waals surface area contributed by atoms with Gasteiger partial charge in [-0.15, -0.1) is 11.3 Å². The number of nitrogens with one attached hydrogen (secondary N) is 1. The lowest BCUT2D eigenvalue weighted by Crippen LogP contribution is -2.13. The molecule has 0 aliphatic rings. The summed E-state index contributed by atoms with van der Waals surface area (Å²) in [6.07, 6.45) is 1.80. The summed E-state index contributed by atoms with van der Waals surface area (Å²) >= 11 is 1.61. The van der Waals surface area contributed by atoms with Crippen molar-refractivity contribution >= 4 is 33.1 Å². The summed E-state index contributed by atoms with van der Waals surface area (Å²) in [6.45, 7) is 4.70. The van der Waals surface area contributed by atoms with Crippen molar-refractivity contribution in [2.45, 2.75) is 20.4 Å². The van der Waals surface area contributed by atoms with E-state index in [-0.39, 0.29) is 5.91 Å². The fraction of sp³-hybridized carbons (Fsp3) is 0.214. The number of aromatic nitrogens is 3. The Bertz CT molecular complexity index is 774. The Hall–Kier alpha value is -2.21. The van der Waals surface area contributed by atoms with Crippen LogP contribution in [0.25, 0.3) is 10.2 Å². The maximum absolute atomic E-state index is 12.1. The first kappa shape index (κ1) is 12.8. The lowest BCUT2D eigenvalue weighted by molar-refractivity contribution is 0.102. The Morgan fingerprint density at radius 1 is 1.40 bits per heavy atom. The van der Waals surface area contributed by atoms with Gasteiger partial charge in [0.05, 0.1) is 15.2 Å². The van der Waals surface area contributed by atoms with Gasteiger partial charge in [0, 0.05) is 18.4 Å². The van der Waals surface area contributed by atoms with Crippen LogP contribution in [0.4, 0.5) is 5.69 Å². The zero-order chi connectivity index (χ0) is 14.1. The number of nitrogens with zero attached hydrogens (tertiary/aromatic N) is 3. The van der Waals surface area contributed by atoms with Crippen LogP contribution in [-0.4, -0.2) is 20.7 Å². The SMILES string of the molecule is CCn1ccc(C(=O)Nc2ccc3nc(C)sc3c2)n1. The van der Waals surface area contributed by atoms with E-state index in [1.165, 1.54) is 0 Å². The second kappa shape index (κ2) is 5.05. The molecule has 0 unspecified atom stereocenters. The molecule has 0 saturated heterocycles. The van der Waals surface area contributed by atoms with E-state index in [1.807, 2.05) is 32.0 Å². The van der Waals surface area contributed by atoms with Crippen LogP contribution in [0.2, 0.25) is 0 Å². The number of benzene rings is 1. The monoisotopic (exact) mass is 286 g/mol. The first-order valence-electron chi connectivity index (χ1n) is 6.37. The molecule has 2 heterocycles. The van der Waals surface area contributed by atoms with Gasteiger partial charge < -0.3 is 5.32 Å². The van der Waals surface area contributed by atoms with Crippen molar-refractivity contribution in [2.75, 3.05) is 5.32 Å². The smallest absolute Gasteiger partial charge is 0.276 e. The second-order valence-electron chi connectivity index (χ2n) is 4.43. The molecule has 0 aliphatic carbocycles. The van der Waals surface area contributed by atoms with E-state index in [2.05, 4.69) is 15.4 Å². The number of thiazole rings is 1. The Labute approximate surface area is 120 Å². The first-order valence-corrected chi connectivity index (χ1v) is 7.19. The molecular weight excluding hydrogens is 272 g/mol. The zero-order valence-corrected chi connectivity index (χ0v) is 12.1. The molecule has 0 saturated carbocycles. The highest BCUT2D eigenvalue weighted by atomic mass is 32.1. The number of amides is 1. The summed E-state index contributed by atoms with van der Waals surface area (Å²) in [6, 6.07) is 7.43. The highest BCUT2D eigenvalue weighted by Gasteiger charge is 2.10. The van der Waals surface area contributed by atoms with E-state index in [4.69, 9.17) is 0 Å². The van der Waals surface area contributed by atoms with E-state index in [0.29, 0.717) is 5.69 Å². The van der Waals surface area contributed by atoms with E-state index in [1.54, 1.807) is 28.3 Å². The van der Waals surface area contributed by atoms with E-state index in [9.17, 15) is 4.79 Å². The fourth-order valence-electron chi connectivity index (χ4n) is 1.97. The molecule has 5 nitrogen and oxygen atoms in total. The zero-order valence-electron chi connectivity index (χ0n) is 11.3. The lowest BCUT2D eigenvalue weighted by atomic mass is 10.3. The summed E-state index contributed by atoms with van der Waals surface area (Å²) in [5.74, 6) is -0.196. The Morgan fingerprint density at radius 2 is 2.25 bits per heavy atom. The number of rotatable bonds is 3. The van der Waals surface area contributed by atoms with Gasteiger partial charge in [-0.2, -0.15) is 5.10 Å². The van der Waals surface area contributed by atoms with Crippen LogP contribution < -0.4 is 5.32 Å².